The summed E-state index contributed by atoms with van der Waals surface area (Å²) in [4.78, 5) is 22.1. The highest BCUT2D eigenvalue weighted by molar-refractivity contribution is 7.99. The van der Waals surface area contributed by atoms with Crippen molar-refractivity contribution in [3.05, 3.63) is 63.4 Å². The fourth-order valence-corrected chi connectivity index (χ4v) is 2.83. The molecule has 0 fully saturated rings. The number of nitro benzene ring substituents is 1. The maximum Gasteiger partial charge on any atom is 0.277 e. The minimum atomic E-state index is -0.587. The van der Waals surface area contributed by atoms with Gasteiger partial charge >= 0.3 is 0 Å². The summed E-state index contributed by atoms with van der Waals surface area (Å²) < 4.78 is 19.0. The lowest BCUT2D eigenvalue weighted by Crippen LogP contribution is -2.14. The van der Waals surface area contributed by atoms with Crippen LogP contribution < -0.4 is 5.32 Å². The van der Waals surface area contributed by atoms with E-state index in [1.807, 2.05) is 0 Å². The Hall–Kier alpha value is -2.98. The van der Waals surface area contributed by atoms with Gasteiger partial charge in [-0.05, 0) is 18.2 Å². The molecule has 0 saturated carbocycles. The van der Waals surface area contributed by atoms with E-state index in [9.17, 15) is 19.3 Å². The fraction of sp³-hybridized carbons (Fsp3) is 0.0625. The minimum absolute atomic E-state index is 0.00872. The van der Waals surface area contributed by atoms with Gasteiger partial charge in [-0.3, -0.25) is 14.9 Å². The van der Waals surface area contributed by atoms with Crippen LogP contribution in [0.25, 0.3) is 11.5 Å². The van der Waals surface area contributed by atoms with Crippen molar-refractivity contribution in [2.45, 2.75) is 5.22 Å². The minimum Gasteiger partial charge on any atom is -0.411 e. The number of carbonyl (C=O) groups is 1. The third kappa shape index (κ3) is 4.60. The third-order valence-electron chi connectivity index (χ3n) is 3.28. The molecule has 0 saturated heterocycles. The number of benzene rings is 2. The van der Waals surface area contributed by atoms with Crippen molar-refractivity contribution in [2.75, 3.05) is 11.1 Å². The van der Waals surface area contributed by atoms with E-state index in [-0.39, 0.29) is 38.8 Å². The van der Waals surface area contributed by atoms with E-state index in [0.29, 0.717) is 0 Å². The maximum absolute atomic E-state index is 13.7. The van der Waals surface area contributed by atoms with E-state index >= 15 is 0 Å². The number of thioether (sulfide) groups is 1. The molecular weight excluding hydrogens is 399 g/mol. The molecule has 3 aromatic rings. The zero-order chi connectivity index (χ0) is 19.4. The molecule has 138 valence electrons. The van der Waals surface area contributed by atoms with Crippen LogP contribution in [0.2, 0.25) is 5.02 Å². The predicted molar refractivity (Wildman–Crippen MR) is 97.2 cm³/mol. The van der Waals surface area contributed by atoms with Crippen LogP contribution in [-0.4, -0.2) is 26.8 Å². The molecule has 0 radical (unpaired) electrons. The molecule has 1 N–H and O–H groups in total. The van der Waals surface area contributed by atoms with Crippen LogP contribution in [-0.2, 0) is 4.79 Å². The number of carbonyl (C=O) groups excluding carboxylic acids is 1. The van der Waals surface area contributed by atoms with Crippen LogP contribution in [0.3, 0.4) is 0 Å². The van der Waals surface area contributed by atoms with Crippen LogP contribution in [0.5, 0.6) is 0 Å². The number of non-ortho nitro benzene ring substituents is 1. The number of nitrogens with zero attached hydrogens (tertiary/aromatic N) is 3. The van der Waals surface area contributed by atoms with Crippen molar-refractivity contribution in [1.82, 2.24) is 10.2 Å². The number of rotatable bonds is 6. The van der Waals surface area contributed by atoms with Crippen molar-refractivity contribution in [3.63, 3.8) is 0 Å². The Morgan fingerprint density at radius 1 is 1.30 bits per heavy atom. The molecule has 27 heavy (non-hydrogen) atoms. The average molecular weight is 409 g/mol. The first-order valence-electron chi connectivity index (χ1n) is 7.39. The van der Waals surface area contributed by atoms with Gasteiger partial charge < -0.3 is 9.73 Å². The molecular formula is C16H10ClFN4O4S. The highest BCUT2D eigenvalue weighted by atomic mass is 35.5. The SMILES string of the molecule is O=C(CSc1nnc(-c2ccccc2F)o1)Nc1ccc([N+](=O)[O-])cc1Cl. The summed E-state index contributed by atoms with van der Waals surface area (Å²) in [6.45, 7) is 0. The second-order valence-electron chi connectivity index (χ2n) is 5.11. The number of anilines is 1. The molecule has 11 heteroatoms. The highest BCUT2D eigenvalue weighted by Gasteiger charge is 2.15. The zero-order valence-electron chi connectivity index (χ0n) is 13.4. The summed E-state index contributed by atoms with van der Waals surface area (Å²) in [6, 6.07) is 9.66. The van der Waals surface area contributed by atoms with Crippen LogP contribution >= 0.6 is 23.4 Å². The van der Waals surface area contributed by atoms with Gasteiger partial charge in [0.2, 0.25) is 5.91 Å². The smallest absolute Gasteiger partial charge is 0.277 e. The summed E-state index contributed by atoms with van der Waals surface area (Å²) in [5.74, 6) is -0.995. The second-order valence-corrected chi connectivity index (χ2v) is 6.44. The van der Waals surface area contributed by atoms with Crippen molar-refractivity contribution < 1.29 is 18.5 Å². The molecule has 0 aliphatic rings. The first-order chi connectivity index (χ1) is 12.9. The summed E-state index contributed by atoms with van der Waals surface area (Å²) >= 11 is 6.88. The van der Waals surface area contributed by atoms with Gasteiger partial charge in [0.25, 0.3) is 16.8 Å². The van der Waals surface area contributed by atoms with E-state index in [2.05, 4.69) is 15.5 Å². The van der Waals surface area contributed by atoms with Crippen LogP contribution in [0.15, 0.2) is 52.1 Å². The quantitative estimate of drug-likeness (QED) is 0.370. The largest absolute Gasteiger partial charge is 0.411 e. The van der Waals surface area contributed by atoms with Gasteiger partial charge in [0, 0.05) is 12.1 Å². The van der Waals surface area contributed by atoms with Gasteiger partial charge in [-0.2, -0.15) is 0 Å². The van der Waals surface area contributed by atoms with Crippen molar-refractivity contribution in [3.8, 4) is 11.5 Å². The van der Waals surface area contributed by atoms with Crippen molar-refractivity contribution in [2.24, 2.45) is 0 Å². The third-order valence-corrected chi connectivity index (χ3v) is 4.41. The van der Waals surface area contributed by atoms with Gasteiger partial charge in [0.15, 0.2) is 0 Å². The number of nitro groups is 1. The van der Waals surface area contributed by atoms with Crippen molar-refractivity contribution >= 4 is 40.6 Å². The topological polar surface area (TPSA) is 111 Å². The number of halogens is 2. The summed E-state index contributed by atoms with van der Waals surface area (Å²) in [5, 5.41) is 20.9. The molecule has 2 aromatic carbocycles. The second kappa shape index (κ2) is 8.14. The Morgan fingerprint density at radius 2 is 2.07 bits per heavy atom. The zero-order valence-corrected chi connectivity index (χ0v) is 15.0. The lowest BCUT2D eigenvalue weighted by Gasteiger charge is -2.06. The predicted octanol–water partition coefficient (Wildman–Crippen LogP) is 4.17. The van der Waals surface area contributed by atoms with Crippen molar-refractivity contribution in [1.29, 1.82) is 0 Å². The first-order valence-corrected chi connectivity index (χ1v) is 8.75. The molecule has 1 amide bonds. The molecule has 0 spiro atoms. The standard InChI is InChI=1S/C16H10ClFN4O4S/c17-11-7-9(22(24)25)5-6-13(11)19-14(23)8-27-16-21-20-15(26-16)10-3-1-2-4-12(10)18/h1-7H,8H2,(H,19,23). The molecule has 0 aliphatic carbocycles. The number of amides is 1. The van der Waals surface area contributed by atoms with E-state index in [1.54, 1.807) is 12.1 Å². The molecule has 0 unspecified atom stereocenters. The Bertz CT molecular complexity index is 1010. The molecule has 1 heterocycles. The summed E-state index contributed by atoms with van der Waals surface area (Å²) in [6.07, 6.45) is 0. The van der Waals surface area contributed by atoms with E-state index in [1.165, 1.54) is 24.3 Å². The lowest BCUT2D eigenvalue weighted by molar-refractivity contribution is -0.384. The maximum atomic E-state index is 13.7. The van der Waals surface area contributed by atoms with Gasteiger partial charge in [-0.1, -0.05) is 35.5 Å². The molecule has 0 bridgehead atoms. The average Bonchev–Trinajstić information content (AvgIpc) is 3.10. The molecule has 0 atom stereocenters. The number of aromatic nitrogens is 2. The normalized spacial score (nSPS) is 10.6. The van der Waals surface area contributed by atoms with Gasteiger partial charge in [-0.25, -0.2) is 4.39 Å². The molecule has 0 aliphatic heterocycles. The summed E-state index contributed by atoms with van der Waals surface area (Å²) in [5.41, 5.74) is 0.225. The van der Waals surface area contributed by atoms with E-state index < -0.39 is 16.6 Å². The Balaban J connectivity index is 1.60. The van der Waals surface area contributed by atoms with Crippen LogP contribution in [0.4, 0.5) is 15.8 Å². The Labute approximate surface area is 160 Å². The Morgan fingerprint density at radius 3 is 2.78 bits per heavy atom. The first kappa shape index (κ1) is 18.8. The van der Waals surface area contributed by atoms with E-state index in [4.69, 9.17) is 16.0 Å². The summed E-state index contributed by atoms with van der Waals surface area (Å²) in [7, 11) is 0. The number of nitrogens with one attached hydrogen (secondary N) is 1. The highest BCUT2D eigenvalue weighted by Crippen LogP contribution is 2.28. The van der Waals surface area contributed by atoms with Crippen LogP contribution in [0, 0.1) is 15.9 Å². The number of hydrogen-bond acceptors (Lipinski definition) is 7. The monoisotopic (exact) mass is 408 g/mol. The van der Waals surface area contributed by atoms with Gasteiger partial charge in [0.05, 0.1) is 26.9 Å². The van der Waals surface area contributed by atoms with Crippen LogP contribution in [0.1, 0.15) is 0 Å². The molecule has 1 aromatic heterocycles. The fourth-order valence-electron chi connectivity index (χ4n) is 2.04. The van der Waals surface area contributed by atoms with Gasteiger partial charge in [-0.15, -0.1) is 10.2 Å². The van der Waals surface area contributed by atoms with E-state index in [0.717, 1.165) is 17.8 Å². The molecule has 8 nitrogen and oxygen atoms in total. The molecule has 3 rings (SSSR count). The Kier molecular flexibility index (Phi) is 5.67. The lowest BCUT2D eigenvalue weighted by atomic mass is 10.2. The van der Waals surface area contributed by atoms with Gasteiger partial charge in [0.1, 0.15) is 5.82 Å². The number of hydrogen-bond donors (Lipinski definition) is 1.